The molecule has 1 amide bonds. The lowest BCUT2D eigenvalue weighted by atomic mass is 10.1. The zero-order valence-electron chi connectivity index (χ0n) is 18.0. The number of hydrogen-bond donors (Lipinski definition) is 0. The van der Waals surface area contributed by atoms with E-state index in [1.165, 1.54) is 16.1 Å². The number of thioether (sulfide) groups is 1. The molecule has 1 fully saturated rings. The Kier molecular flexibility index (Phi) is 6.68. The van der Waals surface area contributed by atoms with Gasteiger partial charge in [-0.2, -0.15) is 4.31 Å². The Hall–Kier alpha value is -2.62. The number of aryl methyl sites for hydroxylation is 1. The van der Waals surface area contributed by atoms with E-state index >= 15 is 0 Å². The third kappa shape index (κ3) is 4.74. The molecule has 0 saturated carbocycles. The van der Waals surface area contributed by atoms with Crippen LogP contribution in [0.5, 0.6) is 5.75 Å². The van der Waals surface area contributed by atoms with Crippen LogP contribution in [0.15, 0.2) is 64.5 Å². The number of nitrogens with zero attached hydrogens (tertiary/aromatic N) is 3. The molecule has 1 saturated heterocycles. The number of carbonyl (C=O) groups excluding carboxylic acids is 1. The topological polar surface area (TPSA) is 79.8 Å². The van der Waals surface area contributed by atoms with Crippen LogP contribution in [0.1, 0.15) is 5.56 Å². The summed E-state index contributed by atoms with van der Waals surface area (Å²) in [5.41, 5.74) is 1.92. The second kappa shape index (κ2) is 9.48. The SMILES string of the molecule is COc1ccc2c(C)cc(SCC(=O)N3CCN(S(=O)(=O)c4ccccc4)CC3)nc2c1. The Balaban J connectivity index is 1.36. The Morgan fingerprint density at radius 2 is 1.78 bits per heavy atom. The predicted molar refractivity (Wildman–Crippen MR) is 126 cm³/mol. The second-order valence-electron chi connectivity index (χ2n) is 7.55. The lowest BCUT2D eigenvalue weighted by Gasteiger charge is -2.34. The van der Waals surface area contributed by atoms with Crippen LogP contribution < -0.4 is 4.74 Å². The summed E-state index contributed by atoms with van der Waals surface area (Å²) < 4.78 is 32.3. The highest BCUT2D eigenvalue weighted by Gasteiger charge is 2.29. The molecule has 4 rings (SSSR count). The van der Waals surface area contributed by atoms with E-state index in [1.54, 1.807) is 42.3 Å². The average molecular weight is 472 g/mol. The van der Waals surface area contributed by atoms with Gasteiger partial charge in [-0.3, -0.25) is 4.79 Å². The highest BCUT2D eigenvalue weighted by Crippen LogP contribution is 2.27. The Morgan fingerprint density at radius 1 is 1.06 bits per heavy atom. The number of methoxy groups -OCH3 is 1. The van der Waals surface area contributed by atoms with Gasteiger partial charge in [-0.05, 0) is 42.8 Å². The fourth-order valence-corrected chi connectivity index (χ4v) is 6.02. The summed E-state index contributed by atoms with van der Waals surface area (Å²) in [6.07, 6.45) is 0. The molecule has 0 atom stereocenters. The Labute approximate surface area is 192 Å². The maximum Gasteiger partial charge on any atom is 0.243 e. The molecular weight excluding hydrogens is 446 g/mol. The van der Waals surface area contributed by atoms with E-state index in [0.717, 1.165) is 27.2 Å². The van der Waals surface area contributed by atoms with Crippen molar-refractivity contribution >= 4 is 38.6 Å². The highest BCUT2D eigenvalue weighted by molar-refractivity contribution is 7.99. The van der Waals surface area contributed by atoms with E-state index in [9.17, 15) is 13.2 Å². The molecule has 0 radical (unpaired) electrons. The minimum atomic E-state index is -3.53. The van der Waals surface area contributed by atoms with Crippen LogP contribution in [0.3, 0.4) is 0 Å². The van der Waals surface area contributed by atoms with E-state index < -0.39 is 10.0 Å². The van der Waals surface area contributed by atoms with Crippen molar-refractivity contribution in [3.8, 4) is 5.75 Å². The summed E-state index contributed by atoms with van der Waals surface area (Å²) in [7, 11) is -1.91. The molecule has 168 valence electrons. The number of benzene rings is 2. The van der Waals surface area contributed by atoms with Gasteiger partial charge in [-0.15, -0.1) is 0 Å². The van der Waals surface area contributed by atoms with Gasteiger partial charge in [-0.25, -0.2) is 13.4 Å². The molecule has 2 aromatic carbocycles. The van der Waals surface area contributed by atoms with Crippen molar-refractivity contribution in [2.24, 2.45) is 0 Å². The maximum absolute atomic E-state index is 12.8. The molecule has 1 aliphatic rings. The smallest absolute Gasteiger partial charge is 0.243 e. The summed E-state index contributed by atoms with van der Waals surface area (Å²) >= 11 is 1.39. The van der Waals surface area contributed by atoms with Gasteiger partial charge in [0, 0.05) is 37.6 Å². The maximum atomic E-state index is 12.8. The van der Waals surface area contributed by atoms with Crippen LogP contribution in [0.25, 0.3) is 10.9 Å². The van der Waals surface area contributed by atoms with Crippen molar-refractivity contribution in [1.82, 2.24) is 14.2 Å². The molecule has 0 N–H and O–H groups in total. The summed E-state index contributed by atoms with van der Waals surface area (Å²) in [6.45, 7) is 3.37. The number of ether oxygens (including phenoxy) is 1. The number of amides is 1. The highest BCUT2D eigenvalue weighted by atomic mass is 32.2. The molecule has 32 heavy (non-hydrogen) atoms. The zero-order valence-corrected chi connectivity index (χ0v) is 19.7. The summed E-state index contributed by atoms with van der Waals surface area (Å²) in [4.78, 5) is 19.4. The van der Waals surface area contributed by atoms with Gasteiger partial charge in [-0.1, -0.05) is 30.0 Å². The van der Waals surface area contributed by atoms with E-state index in [1.807, 2.05) is 31.2 Å². The van der Waals surface area contributed by atoms with Gasteiger partial charge in [0.25, 0.3) is 0 Å². The predicted octanol–water partition coefficient (Wildman–Crippen LogP) is 3.18. The number of aromatic nitrogens is 1. The zero-order chi connectivity index (χ0) is 22.7. The van der Waals surface area contributed by atoms with Crippen molar-refractivity contribution in [2.45, 2.75) is 16.8 Å². The van der Waals surface area contributed by atoms with Crippen molar-refractivity contribution in [3.05, 3.63) is 60.2 Å². The minimum absolute atomic E-state index is 0.0167. The first-order chi connectivity index (χ1) is 15.4. The van der Waals surface area contributed by atoms with Crippen LogP contribution in [0.4, 0.5) is 0 Å². The monoisotopic (exact) mass is 471 g/mol. The number of pyridine rings is 1. The number of sulfonamides is 1. The Bertz CT molecular complexity index is 1220. The van der Waals surface area contributed by atoms with E-state index in [2.05, 4.69) is 4.98 Å². The van der Waals surface area contributed by atoms with E-state index in [0.29, 0.717) is 26.2 Å². The molecule has 1 aliphatic heterocycles. The van der Waals surface area contributed by atoms with E-state index in [4.69, 9.17) is 4.74 Å². The number of fused-ring (bicyclic) bond motifs is 1. The van der Waals surface area contributed by atoms with Gasteiger partial charge in [0.1, 0.15) is 5.75 Å². The second-order valence-corrected chi connectivity index (χ2v) is 10.5. The van der Waals surface area contributed by atoms with Gasteiger partial charge < -0.3 is 9.64 Å². The van der Waals surface area contributed by atoms with Crippen LogP contribution in [-0.2, 0) is 14.8 Å². The van der Waals surface area contributed by atoms with Crippen LogP contribution in [0.2, 0.25) is 0 Å². The molecule has 0 unspecified atom stereocenters. The lowest BCUT2D eigenvalue weighted by Crippen LogP contribution is -2.50. The van der Waals surface area contributed by atoms with Gasteiger partial charge in [0.15, 0.2) is 0 Å². The van der Waals surface area contributed by atoms with Crippen LogP contribution in [-0.4, -0.2) is 67.6 Å². The van der Waals surface area contributed by atoms with Gasteiger partial charge >= 0.3 is 0 Å². The van der Waals surface area contributed by atoms with Crippen molar-refractivity contribution in [2.75, 3.05) is 39.0 Å². The first-order valence-electron chi connectivity index (χ1n) is 10.3. The number of hydrogen-bond acceptors (Lipinski definition) is 6. The number of carbonyl (C=O) groups is 1. The molecule has 7 nitrogen and oxygen atoms in total. The Morgan fingerprint density at radius 3 is 2.47 bits per heavy atom. The van der Waals surface area contributed by atoms with Crippen LogP contribution >= 0.6 is 11.8 Å². The molecule has 3 aromatic rings. The molecule has 0 spiro atoms. The van der Waals surface area contributed by atoms with Gasteiger partial charge in [0.05, 0.1) is 28.3 Å². The quantitative estimate of drug-likeness (QED) is 0.514. The number of piperazine rings is 1. The third-order valence-electron chi connectivity index (χ3n) is 5.52. The minimum Gasteiger partial charge on any atom is -0.497 e. The average Bonchev–Trinajstić information content (AvgIpc) is 2.82. The van der Waals surface area contributed by atoms with Gasteiger partial charge in [0.2, 0.25) is 15.9 Å². The molecular formula is C23H25N3O4S2. The normalized spacial score (nSPS) is 15.1. The largest absolute Gasteiger partial charge is 0.497 e. The molecule has 0 aliphatic carbocycles. The molecule has 0 bridgehead atoms. The van der Waals surface area contributed by atoms with Crippen LogP contribution in [0, 0.1) is 6.92 Å². The first kappa shape index (κ1) is 22.6. The van der Waals surface area contributed by atoms with Crippen molar-refractivity contribution < 1.29 is 17.9 Å². The summed E-state index contributed by atoms with van der Waals surface area (Å²) in [6, 6.07) is 16.2. The molecule has 2 heterocycles. The lowest BCUT2D eigenvalue weighted by molar-refractivity contribution is -0.129. The third-order valence-corrected chi connectivity index (χ3v) is 8.33. The van der Waals surface area contributed by atoms with Crippen molar-refractivity contribution in [3.63, 3.8) is 0 Å². The summed E-state index contributed by atoms with van der Waals surface area (Å²) in [5.74, 6) is 0.982. The fourth-order valence-electron chi connectivity index (χ4n) is 3.70. The fraction of sp³-hybridized carbons (Fsp3) is 0.304. The van der Waals surface area contributed by atoms with E-state index in [-0.39, 0.29) is 16.6 Å². The standard InChI is InChI=1S/C23H25N3O4S2/c1-17-14-22(24-21-15-18(30-2)8-9-20(17)21)31-16-23(27)25-10-12-26(13-11-25)32(28,29)19-6-4-3-5-7-19/h3-9,14-15H,10-13,16H2,1-2H3. The summed E-state index contributed by atoms with van der Waals surface area (Å²) in [5, 5.41) is 1.83. The molecule has 1 aromatic heterocycles. The molecule has 9 heteroatoms. The first-order valence-corrected chi connectivity index (χ1v) is 12.7. The number of rotatable bonds is 6. The van der Waals surface area contributed by atoms with Crippen molar-refractivity contribution in [1.29, 1.82) is 0 Å².